The number of hydrogen-bond acceptors (Lipinski definition) is 7. The van der Waals surface area contributed by atoms with Gasteiger partial charge in [0.2, 0.25) is 11.0 Å². The minimum Gasteiger partial charge on any atom is -0.481 e. The molecule has 12 nitrogen and oxygen atoms in total. The van der Waals surface area contributed by atoms with Gasteiger partial charge in [-0.15, -0.1) is 0 Å². The number of pyridine rings is 1. The summed E-state index contributed by atoms with van der Waals surface area (Å²) in [5, 5.41) is 13.4. The first-order chi connectivity index (χ1) is 23.2. The lowest BCUT2D eigenvalue weighted by atomic mass is 10.0. The molecule has 0 aliphatic heterocycles. The lowest BCUT2D eigenvalue weighted by molar-refractivity contribution is -0.909. The molecule has 0 aliphatic carbocycles. The van der Waals surface area contributed by atoms with Crippen LogP contribution in [0.4, 0.5) is 0 Å². The average molecular weight is 695 g/mol. The highest BCUT2D eigenvalue weighted by molar-refractivity contribution is 7.85. The number of fused-ring (bicyclic) bond motifs is 2. The van der Waals surface area contributed by atoms with Gasteiger partial charge in [-0.1, -0.05) is 24.3 Å². The number of carboxylic acid groups (broad SMARTS) is 1. The van der Waals surface area contributed by atoms with E-state index in [-0.39, 0.29) is 24.5 Å². The Morgan fingerprint density at radius 1 is 0.898 bits per heavy atom. The monoisotopic (exact) mass is 694 g/mol. The SMILES string of the molecule is Cc1cc(C(=O)NCCC[N+](C)(CCCN)CCC(=O)O)cc(C)c1OC(=O)c1c2ccccc2[n+](CCCS(=O)(=O)O)c2ccccc12. The highest BCUT2D eigenvalue weighted by atomic mass is 32.2. The first-order valence-corrected chi connectivity index (χ1v) is 18.0. The van der Waals surface area contributed by atoms with E-state index >= 15 is 0 Å². The van der Waals surface area contributed by atoms with Crippen molar-refractivity contribution in [3.63, 3.8) is 0 Å². The van der Waals surface area contributed by atoms with Gasteiger partial charge in [0.05, 0.1) is 55.2 Å². The molecule has 5 N–H and O–H groups in total. The molecule has 1 atom stereocenters. The molecule has 4 rings (SSSR count). The topological polar surface area (TPSA) is 177 Å². The minimum atomic E-state index is -4.13. The van der Waals surface area contributed by atoms with Crippen LogP contribution in [0.2, 0.25) is 0 Å². The number of aliphatic carboxylic acids is 1. The van der Waals surface area contributed by atoms with E-state index in [9.17, 15) is 27.4 Å². The number of aromatic nitrogens is 1. The normalized spacial score (nSPS) is 12.9. The van der Waals surface area contributed by atoms with Gasteiger partial charge < -0.3 is 25.4 Å². The van der Waals surface area contributed by atoms with Gasteiger partial charge in [0.25, 0.3) is 16.0 Å². The van der Waals surface area contributed by atoms with Crippen molar-refractivity contribution >= 4 is 49.8 Å². The number of nitrogens with two attached hydrogens (primary N) is 1. The van der Waals surface area contributed by atoms with E-state index in [4.69, 9.17) is 15.6 Å². The number of esters is 1. The summed E-state index contributed by atoms with van der Waals surface area (Å²) in [7, 11) is -2.11. The molecule has 262 valence electrons. The van der Waals surface area contributed by atoms with Crippen LogP contribution >= 0.6 is 0 Å². The first-order valence-electron chi connectivity index (χ1n) is 16.4. The Hall–Kier alpha value is -4.43. The van der Waals surface area contributed by atoms with E-state index < -0.39 is 22.1 Å². The molecule has 0 radical (unpaired) electrons. The number of quaternary nitrogens is 1. The number of carboxylic acids is 1. The molecule has 0 fully saturated rings. The summed E-state index contributed by atoms with van der Waals surface area (Å²) in [6.45, 7) is 6.77. The fourth-order valence-corrected chi connectivity index (χ4v) is 6.80. The van der Waals surface area contributed by atoms with E-state index in [1.54, 1.807) is 26.0 Å². The maximum Gasteiger partial charge on any atom is 0.345 e. The smallest absolute Gasteiger partial charge is 0.345 e. The van der Waals surface area contributed by atoms with Crippen molar-refractivity contribution in [2.45, 2.75) is 46.1 Å². The van der Waals surface area contributed by atoms with E-state index in [0.29, 0.717) is 93.4 Å². The number of benzene rings is 3. The summed E-state index contributed by atoms with van der Waals surface area (Å²) in [5.41, 5.74) is 9.13. The predicted octanol–water partition coefficient (Wildman–Crippen LogP) is 3.78. The zero-order valence-corrected chi connectivity index (χ0v) is 29.1. The number of ether oxygens (including phenoxy) is 1. The molecule has 0 saturated heterocycles. The van der Waals surface area contributed by atoms with Gasteiger partial charge in [0.1, 0.15) is 5.75 Å². The van der Waals surface area contributed by atoms with Crippen molar-refractivity contribution in [2.75, 3.05) is 45.5 Å². The van der Waals surface area contributed by atoms with Gasteiger partial charge in [0.15, 0.2) is 6.54 Å². The molecule has 0 saturated carbocycles. The van der Waals surface area contributed by atoms with Crippen molar-refractivity contribution in [1.82, 2.24) is 5.32 Å². The summed E-state index contributed by atoms with van der Waals surface area (Å²) in [6, 6.07) is 18.0. The number of carbonyl (C=O) groups excluding carboxylic acids is 2. The Bertz CT molecular complexity index is 1880. The number of amides is 1. The lowest BCUT2D eigenvalue weighted by Gasteiger charge is -2.34. The third-order valence-corrected chi connectivity index (χ3v) is 9.57. The highest BCUT2D eigenvalue weighted by Crippen LogP contribution is 2.30. The molecule has 0 aliphatic rings. The van der Waals surface area contributed by atoms with E-state index in [2.05, 4.69) is 5.32 Å². The maximum absolute atomic E-state index is 14.0. The molecule has 49 heavy (non-hydrogen) atoms. The Labute approximate surface area is 286 Å². The van der Waals surface area contributed by atoms with Crippen LogP contribution in [0.15, 0.2) is 60.7 Å². The summed E-state index contributed by atoms with van der Waals surface area (Å²) < 4.78 is 40.6. The third kappa shape index (κ3) is 9.82. The first kappa shape index (κ1) is 37.4. The molecule has 3 aromatic carbocycles. The molecule has 0 bridgehead atoms. The van der Waals surface area contributed by atoms with Crippen LogP contribution in [-0.4, -0.2) is 85.9 Å². The Balaban J connectivity index is 1.52. The molecular formula is C36H46N4O8S+2. The predicted molar refractivity (Wildman–Crippen MR) is 187 cm³/mol. The van der Waals surface area contributed by atoms with Gasteiger partial charge in [-0.3, -0.25) is 14.1 Å². The molecule has 13 heteroatoms. The summed E-state index contributed by atoms with van der Waals surface area (Å²) in [5.74, 6) is -1.70. The summed E-state index contributed by atoms with van der Waals surface area (Å²) in [4.78, 5) is 38.2. The van der Waals surface area contributed by atoms with Crippen LogP contribution in [0.1, 0.15) is 57.5 Å². The standard InChI is InChI=1S/C36H44N4O8S/c1-25-23-27(35(43)38-17-9-20-40(3,19-8-16-37)21-15-32(41)42)24-26(2)34(25)48-36(44)33-28-11-4-6-13-30(28)39(18-10-22-49(45,46)47)31-14-7-5-12-29(31)33/h4-7,11-14,23-24H,8-10,15-22,37H2,1-3H3,(H-2,38,41,42,43,45,46,47)/p+2. The molecule has 1 aromatic heterocycles. The molecular weight excluding hydrogens is 648 g/mol. The maximum atomic E-state index is 14.0. The van der Waals surface area contributed by atoms with Crippen LogP contribution in [0.25, 0.3) is 21.8 Å². The zero-order chi connectivity index (χ0) is 35.8. The quantitative estimate of drug-likeness (QED) is 0.0244. The second-order valence-electron chi connectivity index (χ2n) is 12.7. The van der Waals surface area contributed by atoms with Crippen LogP contribution in [-0.2, 0) is 21.5 Å². The number of carbonyl (C=O) groups is 3. The van der Waals surface area contributed by atoms with E-state index in [1.165, 1.54) is 0 Å². The van der Waals surface area contributed by atoms with Crippen molar-refractivity contribution in [3.05, 3.63) is 82.9 Å². The zero-order valence-electron chi connectivity index (χ0n) is 28.3. The van der Waals surface area contributed by atoms with Crippen LogP contribution < -0.4 is 20.4 Å². The largest absolute Gasteiger partial charge is 0.481 e. The van der Waals surface area contributed by atoms with Gasteiger partial charge in [0, 0.05) is 43.5 Å². The second-order valence-corrected chi connectivity index (χ2v) is 14.3. The molecule has 0 spiro atoms. The fraction of sp³-hybridized carbons (Fsp3) is 0.389. The number of nitrogens with zero attached hydrogens (tertiary/aromatic N) is 2. The summed E-state index contributed by atoms with van der Waals surface area (Å²) in [6.07, 6.45) is 1.70. The van der Waals surface area contributed by atoms with Crippen molar-refractivity contribution < 1.29 is 46.2 Å². The number of nitrogens with one attached hydrogen (secondary N) is 1. The Morgan fingerprint density at radius 2 is 1.47 bits per heavy atom. The van der Waals surface area contributed by atoms with Crippen molar-refractivity contribution in [1.29, 1.82) is 0 Å². The van der Waals surface area contributed by atoms with Gasteiger partial charge >= 0.3 is 11.9 Å². The Morgan fingerprint density at radius 3 is 2.02 bits per heavy atom. The van der Waals surface area contributed by atoms with Gasteiger partial charge in [-0.2, -0.15) is 13.0 Å². The van der Waals surface area contributed by atoms with Gasteiger partial charge in [-0.05, 0) is 55.8 Å². The number of aryl methyl sites for hydroxylation is 3. The third-order valence-electron chi connectivity index (χ3n) is 8.76. The van der Waals surface area contributed by atoms with Gasteiger partial charge in [-0.25, -0.2) is 4.79 Å². The molecule has 1 amide bonds. The molecule has 1 unspecified atom stereocenters. The van der Waals surface area contributed by atoms with Crippen LogP contribution in [0.3, 0.4) is 0 Å². The highest BCUT2D eigenvalue weighted by Gasteiger charge is 2.27. The number of hydrogen-bond donors (Lipinski definition) is 4. The van der Waals surface area contributed by atoms with E-state index in [0.717, 1.165) is 13.0 Å². The minimum absolute atomic E-state index is 0.0688. The van der Waals surface area contributed by atoms with Crippen molar-refractivity contribution in [2.24, 2.45) is 5.73 Å². The fourth-order valence-electron chi connectivity index (χ4n) is 6.31. The number of rotatable bonds is 17. The summed E-state index contributed by atoms with van der Waals surface area (Å²) >= 11 is 0. The van der Waals surface area contributed by atoms with Crippen LogP contribution in [0.5, 0.6) is 5.75 Å². The lowest BCUT2D eigenvalue weighted by Crippen LogP contribution is -2.48. The van der Waals surface area contributed by atoms with E-state index in [1.807, 2.05) is 60.1 Å². The number of para-hydroxylation sites is 2. The van der Waals surface area contributed by atoms with Crippen LogP contribution in [0, 0.1) is 13.8 Å². The van der Waals surface area contributed by atoms with Crippen molar-refractivity contribution in [3.8, 4) is 5.75 Å². The Kier molecular flexibility index (Phi) is 12.4. The molecule has 1 heterocycles. The molecule has 4 aromatic rings. The average Bonchev–Trinajstić information content (AvgIpc) is 3.05. The second kappa shape index (κ2) is 16.3.